The van der Waals surface area contributed by atoms with Gasteiger partial charge in [-0.15, -0.1) is 0 Å². The van der Waals surface area contributed by atoms with Crippen molar-refractivity contribution < 1.29 is 0 Å². The highest BCUT2D eigenvalue weighted by Crippen LogP contribution is 2.38. The van der Waals surface area contributed by atoms with Crippen molar-refractivity contribution in [2.24, 2.45) is 0 Å². The number of hydrogen-bond donors (Lipinski definition) is 0. The predicted molar refractivity (Wildman–Crippen MR) is 136 cm³/mol. The molecule has 0 saturated heterocycles. The zero-order valence-electron chi connectivity index (χ0n) is 18.3. The van der Waals surface area contributed by atoms with Crippen LogP contribution in [0.3, 0.4) is 0 Å². The van der Waals surface area contributed by atoms with Crippen molar-refractivity contribution in [1.29, 1.82) is 0 Å². The lowest BCUT2D eigenvalue weighted by molar-refractivity contribution is 0.651. The molecule has 2 aromatic carbocycles. The van der Waals surface area contributed by atoms with Crippen LogP contribution in [0.15, 0.2) is 85.2 Å². The number of pyridine rings is 2. The average Bonchev–Trinajstić information content (AvgIpc) is 2.87. The van der Waals surface area contributed by atoms with Gasteiger partial charge in [-0.05, 0) is 82.9 Å². The molecule has 33 heavy (non-hydrogen) atoms. The van der Waals surface area contributed by atoms with Crippen molar-refractivity contribution in [3.8, 4) is 0 Å². The van der Waals surface area contributed by atoms with Crippen LogP contribution in [0, 0.1) is 0 Å². The first-order chi connectivity index (χ1) is 16.3. The Balaban J connectivity index is 1.24. The van der Waals surface area contributed by atoms with Crippen LogP contribution < -0.4 is 9.80 Å². The van der Waals surface area contributed by atoms with Gasteiger partial charge in [0.2, 0.25) is 0 Å². The summed E-state index contributed by atoms with van der Waals surface area (Å²) in [5.74, 6) is 0. The van der Waals surface area contributed by atoms with Crippen molar-refractivity contribution >= 4 is 35.7 Å². The standard InChI is InChI=1S/C29H24N4/c1-3-15-30-26(5-1)11-7-22-9-13-28-24(17-22)19-32-21-33(28)20-25-18-23(10-14-29(25)32)8-12-27-6-2-4-16-31-27/h1-18H,19-21H2/b11-7+,12-8+. The van der Waals surface area contributed by atoms with Gasteiger partial charge in [-0.1, -0.05) is 36.4 Å². The summed E-state index contributed by atoms with van der Waals surface area (Å²) < 4.78 is 0. The number of nitrogens with zero attached hydrogens (tertiary/aromatic N) is 4. The molecule has 4 aromatic rings. The first-order valence-electron chi connectivity index (χ1n) is 11.3. The summed E-state index contributed by atoms with van der Waals surface area (Å²) in [6, 6.07) is 25.5. The normalized spacial score (nSPS) is 14.5. The fourth-order valence-corrected chi connectivity index (χ4v) is 4.64. The molecule has 0 spiro atoms. The number of fused-ring (bicyclic) bond motifs is 6. The molecule has 0 atom stereocenters. The summed E-state index contributed by atoms with van der Waals surface area (Å²) in [5, 5.41) is 0. The molecular formula is C29H24N4. The minimum absolute atomic E-state index is 0.924. The van der Waals surface area contributed by atoms with Crippen LogP contribution in [0.2, 0.25) is 0 Å². The van der Waals surface area contributed by atoms with E-state index in [2.05, 4.69) is 80.5 Å². The molecule has 2 aliphatic heterocycles. The average molecular weight is 429 g/mol. The smallest absolute Gasteiger partial charge is 0.0910 e. The number of anilines is 2. The van der Waals surface area contributed by atoms with Gasteiger partial charge in [-0.3, -0.25) is 9.97 Å². The molecule has 2 aromatic heterocycles. The van der Waals surface area contributed by atoms with E-state index in [-0.39, 0.29) is 0 Å². The second kappa shape index (κ2) is 8.40. The van der Waals surface area contributed by atoms with E-state index in [0.29, 0.717) is 0 Å². The van der Waals surface area contributed by atoms with E-state index in [1.807, 2.05) is 48.8 Å². The SMILES string of the molecule is C(=C\c1ccccn1)/c1ccc2c(c1)CN1CN2Cc2cc(/C=C/c3ccccn3)ccc21. The van der Waals surface area contributed by atoms with E-state index in [4.69, 9.17) is 0 Å². The highest BCUT2D eigenvalue weighted by molar-refractivity contribution is 5.75. The summed E-state index contributed by atoms with van der Waals surface area (Å²) in [6.45, 7) is 2.78. The maximum absolute atomic E-state index is 4.38. The largest absolute Gasteiger partial charge is 0.349 e. The molecule has 0 radical (unpaired) electrons. The summed E-state index contributed by atoms with van der Waals surface area (Å²) in [5.41, 5.74) is 9.77. The number of hydrogen-bond acceptors (Lipinski definition) is 4. The topological polar surface area (TPSA) is 32.3 Å². The Kier molecular flexibility index (Phi) is 4.96. The highest BCUT2D eigenvalue weighted by Gasteiger charge is 2.29. The quantitative estimate of drug-likeness (QED) is 0.392. The molecule has 2 bridgehead atoms. The van der Waals surface area contributed by atoms with Crippen LogP contribution in [0.1, 0.15) is 33.6 Å². The minimum atomic E-state index is 0.924. The van der Waals surface area contributed by atoms with E-state index in [1.54, 1.807) is 0 Å². The second-order valence-corrected chi connectivity index (χ2v) is 8.49. The molecule has 0 unspecified atom stereocenters. The minimum Gasteiger partial charge on any atom is -0.349 e. The van der Waals surface area contributed by atoms with E-state index >= 15 is 0 Å². The van der Waals surface area contributed by atoms with Gasteiger partial charge >= 0.3 is 0 Å². The Labute approximate surface area is 194 Å². The van der Waals surface area contributed by atoms with E-state index in [0.717, 1.165) is 31.1 Å². The van der Waals surface area contributed by atoms with Crippen molar-refractivity contribution in [3.63, 3.8) is 0 Å². The van der Waals surface area contributed by atoms with Gasteiger partial charge in [-0.25, -0.2) is 0 Å². The molecular weight excluding hydrogens is 404 g/mol. The number of rotatable bonds is 4. The third kappa shape index (κ3) is 4.03. The summed E-state index contributed by atoms with van der Waals surface area (Å²) in [7, 11) is 0. The van der Waals surface area contributed by atoms with E-state index in [1.165, 1.54) is 33.6 Å². The first kappa shape index (κ1) is 19.5. The van der Waals surface area contributed by atoms with Crippen molar-refractivity contribution in [1.82, 2.24) is 9.97 Å². The molecule has 4 heterocycles. The van der Waals surface area contributed by atoms with Gasteiger partial charge < -0.3 is 9.80 Å². The van der Waals surface area contributed by atoms with Gasteiger partial charge in [0.1, 0.15) is 0 Å². The van der Waals surface area contributed by atoms with Crippen LogP contribution in [-0.4, -0.2) is 16.6 Å². The lowest BCUT2D eigenvalue weighted by Crippen LogP contribution is -2.46. The summed E-state index contributed by atoms with van der Waals surface area (Å²) >= 11 is 0. The zero-order valence-corrected chi connectivity index (χ0v) is 18.3. The first-order valence-corrected chi connectivity index (χ1v) is 11.3. The molecule has 0 N–H and O–H groups in total. The molecule has 0 amide bonds. The van der Waals surface area contributed by atoms with Gasteiger partial charge in [0.05, 0.1) is 18.1 Å². The van der Waals surface area contributed by atoms with Gasteiger partial charge in [0.15, 0.2) is 0 Å². The molecule has 0 aliphatic carbocycles. The van der Waals surface area contributed by atoms with E-state index < -0.39 is 0 Å². The predicted octanol–water partition coefficient (Wildman–Crippen LogP) is 6.12. The van der Waals surface area contributed by atoms with Crippen LogP contribution in [0.4, 0.5) is 11.4 Å². The highest BCUT2D eigenvalue weighted by atomic mass is 15.4. The fourth-order valence-electron chi connectivity index (χ4n) is 4.64. The maximum atomic E-state index is 4.38. The van der Waals surface area contributed by atoms with Gasteiger partial charge in [-0.2, -0.15) is 0 Å². The molecule has 4 nitrogen and oxygen atoms in total. The maximum Gasteiger partial charge on any atom is 0.0910 e. The summed E-state index contributed by atoms with van der Waals surface area (Å²) in [4.78, 5) is 13.7. The van der Waals surface area contributed by atoms with Crippen LogP contribution in [-0.2, 0) is 13.1 Å². The van der Waals surface area contributed by atoms with Gasteiger partial charge in [0, 0.05) is 36.9 Å². The lowest BCUT2D eigenvalue weighted by Gasteiger charge is -2.45. The second-order valence-electron chi connectivity index (χ2n) is 8.49. The Morgan fingerprint density at radius 3 is 1.55 bits per heavy atom. The Morgan fingerprint density at radius 2 is 1.09 bits per heavy atom. The molecule has 4 heteroatoms. The molecule has 0 saturated carbocycles. The molecule has 160 valence electrons. The Hall–Kier alpha value is -4.18. The lowest BCUT2D eigenvalue weighted by atomic mass is 9.98. The third-order valence-electron chi connectivity index (χ3n) is 6.22. The van der Waals surface area contributed by atoms with E-state index in [9.17, 15) is 0 Å². The van der Waals surface area contributed by atoms with Crippen molar-refractivity contribution in [3.05, 3.63) is 119 Å². The molecule has 6 rings (SSSR count). The Morgan fingerprint density at radius 1 is 0.576 bits per heavy atom. The summed E-state index contributed by atoms with van der Waals surface area (Å²) in [6.07, 6.45) is 12.1. The van der Waals surface area contributed by atoms with Crippen molar-refractivity contribution in [2.75, 3.05) is 16.5 Å². The van der Waals surface area contributed by atoms with Crippen molar-refractivity contribution in [2.45, 2.75) is 13.1 Å². The number of benzene rings is 2. The molecule has 2 aliphatic rings. The monoisotopic (exact) mass is 428 g/mol. The number of aromatic nitrogens is 2. The molecule has 0 fully saturated rings. The third-order valence-corrected chi connectivity index (χ3v) is 6.22. The van der Waals surface area contributed by atoms with Gasteiger partial charge in [0.25, 0.3) is 0 Å². The van der Waals surface area contributed by atoms with Crippen LogP contribution in [0.25, 0.3) is 24.3 Å². The van der Waals surface area contributed by atoms with Crippen LogP contribution >= 0.6 is 0 Å². The van der Waals surface area contributed by atoms with Crippen LogP contribution in [0.5, 0.6) is 0 Å². The fraction of sp³-hybridized carbons (Fsp3) is 0.103. The Bertz CT molecular complexity index is 1240. The zero-order chi connectivity index (χ0) is 22.0.